The highest BCUT2D eigenvalue weighted by atomic mass is 35.5. The number of nitro groups is 1. The van der Waals surface area contributed by atoms with E-state index in [4.69, 9.17) is 47.6 Å². The normalized spacial score (nSPS) is 10.4. The van der Waals surface area contributed by atoms with E-state index in [2.05, 4.69) is 9.97 Å². The Hall–Kier alpha value is -2.83. The molecule has 6 N–H and O–H groups in total. The largest absolute Gasteiger partial charge is 0.505 e. The molecule has 1 aromatic carbocycles. The third-order valence-corrected chi connectivity index (χ3v) is 4.42. The smallest absolute Gasteiger partial charge is 0.466 e. The SMILES string of the molecule is Cc1ncc(CO)c(C=O)c1O.O=P(O)(O)O.O=[N+]([O-])c1c(Cl)cccc1-c1c[nH]cc1Cl. The van der Waals surface area contributed by atoms with E-state index in [0.29, 0.717) is 33.7 Å². The van der Waals surface area contributed by atoms with Crippen LogP contribution in [-0.2, 0) is 11.2 Å². The number of carbonyl (C=O) groups excluding carboxylic acids is 1. The highest BCUT2D eigenvalue weighted by Gasteiger charge is 2.21. The summed E-state index contributed by atoms with van der Waals surface area (Å²) in [5.41, 5.74) is 1.68. The zero-order valence-electron chi connectivity index (χ0n) is 16.7. The lowest BCUT2D eigenvalue weighted by atomic mass is 10.1. The van der Waals surface area contributed by atoms with Gasteiger partial charge in [0.15, 0.2) is 6.29 Å². The molecule has 0 saturated carbocycles. The maximum absolute atomic E-state index is 10.9. The minimum absolute atomic E-state index is 0.0970. The maximum atomic E-state index is 10.9. The van der Waals surface area contributed by atoms with Crippen LogP contribution in [0.2, 0.25) is 10.0 Å². The van der Waals surface area contributed by atoms with Gasteiger partial charge < -0.3 is 29.9 Å². The van der Waals surface area contributed by atoms with Gasteiger partial charge in [0.25, 0.3) is 5.69 Å². The Morgan fingerprint density at radius 2 is 1.79 bits per heavy atom. The lowest BCUT2D eigenvalue weighted by Crippen LogP contribution is -1.96. The fraction of sp³-hybridized carbons (Fsp3) is 0.111. The topological polar surface area (TPSA) is 207 Å². The van der Waals surface area contributed by atoms with E-state index < -0.39 is 12.7 Å². The monoisotopic (exact) mass is 521 g/mol. The van der Waals surface area contributed by atoms with Gasteiger partial charge >= 0.3 is 7.82 Å². The summed E-state index contributed by atoms with van der Waals surface area (Å²) in [4.78, 5) is 49.0. The molecule has 0 radical (unpaired) electrons. The molecule has 3 rings (SSSR count). The number of aliphatic hydroxyl groups is 1. The van der Waals surface area contributed by atoms with Gasteiger partial charge in [-0.3, -0.25) is 19.9 Å². The van der Waals surface area contributed by atoms with Crippen LogP contribution in [-0.4, -0.2) is 46.1 Å². The summed E-state index contributed by atoms with van der Waals surface area (Å²) in [6.45, 7) is 1.29. The molecule has 3 aromatic rings. The number of nitro benzene ring substituents is 1. The minimum Gasteiger partial charge on any atom is -0.505 e. The summed E-state index contributed by atoms with van der Waals surface area (Å²) in [7, 11) is -4.64. The third-order valence-electron chi connectivity index (χ3n) is 3.80. The van der Waals surface area contributed by atoms with Crippen LogP contribution in [0.15, 0.2) is 36.8 Å². The van der Waals surface area contributed by atoms with Crippen molar-refractivity contribution in [2.24, 2.45) is 0 Å². The summed E-state index contributed by atoms with van der Waals surface area (Å²) in [6.07, 6.45) is 5.04. The number of nitrogens with zero attached hydrogens (tertiary/aromatic N) is 2. The molecular formula is C18H18Cl2N3O9P. The first-order chi connectivity index (χ1) is 15.3. The number of halogens is 2. The molecule has 0 bridgehead atoms. The number of aliphatic hydroxyl groups excluding tert-OH is 1. The highest BCUT2D eigenvalue weighted by molar-refractivity contribution is 7.45. The molecule has 178 valence electrons. The van der Waals surface area contributed by atoms with Crippen molar-refractivity contribution in [1.82, 2.24) is 9.97 Å². The van der Waals surface area contributed by atoms with Gasteiger partial charge in [-0.25, -0.2) is 4.57 Å². The average Bonchev–Trinajstić information content (AvgIpc) is 3.14. The lowest BCUT2D eigenvalue weighted by Gasteiger charge is -2.04. The molecule has 0 amide bonds. The minimum atomic E-state index is -4.64. The van der Waals surface area contributed by atoms with E-state index in [1.165, 1.54) is 12.3 Å². The van der Waals surface area contributed by atoms with Gasteiger partial charge in [0.2, 0.25) is 0 Å². The number of nitrogens with one attached hydrogen (secondary N) is 1. The van der Waals surface area contributed by atoms with Crippen LogP contribution in [0.5, 0.6) is 5.75 Å². The van der Waals surface area contributed by atoms with Gasteiger partial charge in [0.1, 0.15) is 10.8 Å². The van der Waals surface area contributed by atoms with Gasteiger partial charge in [0.05, 0.1) is 33.4 Å². The number of carbonyl (C=O) groups is 1. The number of phosphoric acid groups is 1. The summed E-state index contributed by atoms with van der Waals surface area (Å²) < 4.78 is 8.88. The summed E-state index contributed by atoms with van der Waals surface area (Å²) in [5, 5.41) is 29.5. The Morgan fingerprint density at radius 3 is 2.24 bits per heavy atom. The Labute approximate surface area is 196 Å². The van der Waals surface area contributed by atoms with Crippen LogP contribution < -0.4 is 0 Å². The Morgan fingerprint density at radius 1 is 1.18 bits per heavy atom. The second-order valence-corrected chi connectivity index (χ2v) is 7.87. The molecule has 0 spiro atoms. The average molecular weight is 522 g/mol. The number of aldehydes is 1. The van der Waals surface area contributed by atoms with Crippen LogP contribution in [0.4, 0.5) is 5.69 Å². The molecule has 0 unspecified atom stereocenters. The number of rotatable bonds is 4. The highest BCUT2D eigenvalue weighted by Crippen LogP contribution is 2.38. The van der Waals surface area contributed by atoms with Gasteiger partial charge in [0, 0.05) is 29.7 Å². The van der Waals surface area contributed by atoms with Crippen LogP contribution in [0.25, 0.3) is 11.1 Å². The Balaban J connectivity index is 0.000000283. The van der Waals surface area contributed by atoms with Crippen molar-refractivity contribution in [1.29, 1.82) is 0 Å². The van der Waals surface area contributed by atoms with Crippen LogP contribution in [0, 0.1) is 17.0 Å². The number of para-hydroxylation sites is 1. The molecule has 15 heteroatoms. The van der Waals surface area contributed by atoms with E-state index in [-0.39, 0.29) is 28.6 Å². The van der Waals surface area contributed by atoms with Crippen LogP contribution in [0.1, 0.15) is 21.6 Å². The molecule has 0 aliphatic rings. The summed E-state index contributed by atoms with van der Waals surface area (Å²) in [6, 6.07) is 4.73. The first-order valence-electron chi connectivity index (χ1n) is 8.59. The number of H-pyrrole nitrogens is 1. The Kier molecular flexibility index (Phi) is 10.6. The zero-order chi connectivity index (χ0) is 25.3. The molecule has 0 aliphatic carbocycles. The van der Waals surface area contributed by atoms with Crippen molar-refractivity contribution >= 4 is 43.0 Å². The van der Waals surface area contributed by atoms with Crippen molar-refractivity contribution in [3.8, 4) is 16.9 Å². The number of aryl methyl sites for hydroxylation is 1. The van der Waals surface area contributed by atoms with Gasteiger partial charge in [-0.1, -0.05) is 29.3 Å². The van der Waals surface area contributed by atoms with E-state index in [0.717, 1.165) is 0 Å². The molecular weight excluding hydrogens is 504 g/mol. The number of benzene rings is 1. The van der Waals surface area contributed by atoms with Crippen molar-refractivity contribution in [2.45, 2.75) is 13.5 Å². The molecule has 12 nitrogen and oxygen atoms in total. The molecule has 2 aromatic heterocycles. The predicted octanol–water partition coefficient (Wildman–Crippen LogP) is 3.37. The van der Waals surface area contributed by atoms with E-state index in [1.54, 1.807) is 31.5 Å². The first kappa shape index (κ1) is 28.2. The maximum Gasteiger partial charge on any atom is 0.466 e. The summed E-state index contributed by atoms with van der Waals surface area (Å²) in [5.74, 6) is -0.156. The predicted molar refractivity (Wildman–Crippen MR) is 119 cm³/mol. The first-order valence-corrected chi connectivity index (χ1v) is 10.9. The summed E-state index contributed by atoms with van der Waals surface area (Å²) >= 11 is 11.7. The van der Waals surface area contributed by atoms with Gasteiger partial charge in [-0.05, 0) is 19.1 Å². The molecule has 0 atom stereocenters. The van der Waals surface area contributed by atoms with Crippen molar-refractivity contribution in [3.05, 3.63) is 73.8 Å². The fourth-order valence-corrected chi connectivity index (χ4v) is 2.84. The number of aromatic amines is 1. The third kappa shape index (κ3) is 8.56. The zero-order valence-corrected chi connectivity index (χ0v) is 19.1. The molecule has 33 heavy (non-hydrogen) atoms. The fourth-order valence-electron chi connectivity index (χ4n) is 2.38. The van der Waals surface area contributed by atoms with Crippen LogP contribution >= 0.6 is 31.0 Å². The second-order valence-electron chi connectivity index (χ2n) is 6.03. The van der Waals surface area contributed by atoms with Crippen LogP contribution in [0.3, 0.4) is 0 Å². The van der Waals surface area contributed by atoms with E-state index in [1.807, 2.05) is 0 Å². The molecule has 2 heterocycles. The number of aromatic nitrogens is 2. The van der Waals surface area contributed by atoms with Crippen molar-refractivity contribution in [3.63, 3.8) is 0 Å². The van der Waals surface area contributed by atoms with E-state index >= 15 is 0 Å². The molecule has 0 aliphatic heterocycles. The van der Waals surface area contributed by atoms with Crippen molar-refractivity contribution in [2.75, 3.05) is 0 Å². The Bertz CT molecular complexity index is 1170. The number of pyridine rings is 1. The standard InChI is InChI=1S/C10H6Cl2N2O2.C8H9NO3.H3O4P/c11-8-3-1-2-6(10(8)14(15)16)7-4-13-5-9(7)12;1-5-8(12)7(4-11)6(3-10)2-9-5;1-5(2,3)4/h1-5,13H;2,4,10,12H,3H2,1H3;(H3,1,2,3,4). The number of hydrogen-bond donors (Lipinski definition) is 6. The number of aromatic hydroxyl groups is 1. The number of hydrogen-bond acceptors (Lipinski definition) is 7. The van der Waals surface area contributed by atoms with Gasteiger partial charge in [-0.15, -0.1) is 0 Å². The van der Waals surface area contributed by atoms with Crippen molar-refractivity contribution < 1.29 is 39.2 Å². The molecule has 0 saturated heterocycles. The van der Waals surface area contributed by atoms with E-state index in [9.17, 15) is 20.0 Å². The quantitative estimate of drug-likeness (QED) is 0.127. The second kappa shape index (κ2) is 12.4. The molecule has 0 fully saturated rings. The lowest BCUT2D eigenvalue weighted by molar-refractivity contribution is -0.384. The van der Waals surface area contributed by atoms with Gasteiger partial charge in [-0.2, -0.15) is 0 Å².